The minimum atomic E-state index is -0.206. The third-order valence-electron chi connectivity index (χ3n) is 2.72. The van der Waals surface area contributed by atoms with E-state index in [1.165, 1.54) is 7.11 Å². The minimum absolute atomic E-state index is 0.206. The largest absolute Gasteiger partial charge is 0.468 e. The molecular weight excluding hydrogens is 248 g/mol. The van der Waals surface area contributed by atoms with Gasteiger partial charge in [-0.15, -0.1) is 11.3 Å². The summed E-state index contributed by atoms with van der Waals surface area (Å²) < 4.78 is 4.71. The molecule has 0 N–H and O–H groups in total. The Labute approximate surface area is 113 Å². The van der Waals surface area contributed by atoms with Gasteiger partial charge in [-0.1, -0.05) is 13.8 Å². The lowest BCUT2D eigenvalue weighted by atomic mass is 10.2. The first-order valence-corrected chi connectivity index (χ1v) is 7.07. The van der Waals surface area contributed by atoms with Crippen LogP contribution in [-0.4, -0.2) is 35.5 Å². The van der Waals surface area contributed by atoms with E-state index in [9.17, 15) is 4.79 Å². The van der Waals surface area contributed by atoms with Crippen LogP contribution in [0, 0.1) is 0 Å². The van der Waals surface area contributed by atoms with E-state index in [0.29, 0.717) is 19.0 Å². The van der Waals surface area contributed by atoms with Crippen LogP contribution in [0.2, 0.25) is 0 Å². The third kappa shape index (κ3) is 4.38. The summed E-state index contributed by atoms with van der Waals surface area (Å²) in [5, 5.41) is 3.22. The number of thiazole rings is 1. The van der Waals surface area contributed by atoms with Crippen LogP contribution in [0.4, 0.5) is 0 Å². The summed E-state index contributed by atoms with van der Waals surface area (Å²) in [7, 11) is 1.42. The molecule has 0 saturated carbocycles. The normalized spacial score (nSPS) is 11.6. The first kappa shape index (κ1) is 15.1. The van der Waals surface area contributed by atoms with Crippen molar-refractivity contribution in [3.05, 3.63) is 16.1 Å². The average Bonchev–Trinajstić information content (AvgIpc) is 2.76. The van der Waals surface area contributed by atoms with Crippen molar-refractivity contribution in [3.63, 3.8) is 0 Å². The molecule has 0 radical (unpaired) electrons. The van der Waals surface area contributed by atoms with Crippen LogP contribution in [0.15, 0.2) is 5.38 Å². The fourth-order valence-corrected chi connectivity index (χ4v) is 2.35. The number of aromatic nitrogens is 1. The molecule has 1 aromatic heterocycles. The number of esters is 1. The molecule has 0 fully saturated rings. The van der Waals surface area contributed by atoms with Gasteiger partial charge in [-0.05, 0) is 13.8 Å². The van der Waals surface area contributed by atoms with Crippen LogP contribution in [0.1, 0.15) is 44.3 Å². The van der Waals surface area contributed by atoms with Gasteiger partial charge in [0.25, 0.3) is 0 Å². The van der Waals surface area contributed by atoms with Crippen molar-refractivity contribution in [1.29, 1.82) is 0 Å². The van der Waals surface area contributed by atoms with Crippen LogP contribution in [0.3, 0.4) is 0 Å². The molecule has 1 aromatic rings. The van der Waals surface area contributed by atoms with E-state index in [4.69, 9.17) is 4.74 Å². The van der Waals surface area contributed by atoms with Crippen LogP contribution in [0.5, 0.6) is 0 Å². The number of rotatable bonds is 6. The second kappa shape index (κ2) is 6.85. The van der Waals surface area contributed by atoms with Gasteiger partial charge in [-0.2, -0.15) is 0 Å². The summed E-state index contributed by atoms with van der Waals surface area (Å²) in [6, 6.07) is 0.285. The van der Waals surface area contributed by atoms with E-state index in [2.05, 4.69) is 43.0 Å². The molecule has 0 bridgehead atoms. The maximum Gasteiger partial charge on any atom is 0.319 e. The molecule has 0 spiro atoms. The number of ether oxygens (including phenoxy) is 1. The smallest absolute Gasteiger partial charge is 0.319 e. The first-order chi connectivity index (χ1) is 8.43. The Bertz CT molecular complexity index is 388. The molecule has 1 rings (SSSR count). The number of hydrogen-bond acceptors (Lipinski definition) is 5. The highest BCUT2D eigenvalue weighted by Gasteiger charge is 2.16. The van der Waals surface area contributed by atoms with Crippen LogP contribution in [-0.2, 0) is 16.1 Å². The standard InChI is InChI=1S/C13H22N2O2S/c1-9(2)13-14-11(8-18-13)6-15(10(3)4)7-12(16)17-5/h8-10H,6-7H2,1-5H3. The molecule has 0 aliphatic carbocycles. The minimum Gasteiger partial charge on any atom is -0.468 e. The van der Waals surface area contributed by atoms with Crippen molar-refractivity contribution in [2.45, 2.75) is 46.2 Å². The summed E-state index contributed by atoms with van der Waals surface area (Å²) in [6.45, 7) is 9.41. The highest BCUT2D eigenvalue weighted by molar-refractivity contribution is 7.09. The predicted octanol–water partition coefficient (Wildman–Crippen LogP) is 2.65. The molecule has 102 valence electrons. The monoisotopic (exact) mass is 270 g/mol. The maximum absolute atomic E-state index is 11.3. The van der Waals surface area contributed by atoms with Gasteiger partial charge in [-0.25, -0.2) is 4.98 Å². The fraction of sp³-hybridized carbons (Fsp3) is 0.692. The van der Waals surface area contributed by atoms with Crippen LogP contribution < -0.4 is 0 Å². The Kier molecular flexibility index (Phi) is 5.75. The lowest BCUT2D eigenvalue weighted by Crippen LogP contribution is -2.35. The molecule has 4 nitrogen and oxygen atoms in total. The van der Waals surface area contributed by atoms with Crippen molar-refractivity contribution in [1.82, 2.24) is 9.88 Å². The number of hydrogen-bond donors (Lipinski definition) is 0. The number of nitrogens with zero attached hydrogens (tertiary/aromatic N) is 2. The van der Waals surface area contributed by atoms with Gasteiger partial charge in [0.05, 0.1) is 24.4 Å². The SMILES string of the molecule is COC(=O)CN(Cc1csc(C(C)C)n1)C(C)C. The van der Waals surface area contributed by atoms with E-state index >= 15 is 0 Å². The number of carbonyl (C=O) groups is 1. The fourth-order valence-electron chi connectivity index (χ4n) is 1.52. The van der Waals surface area contributed by atoms with Gasteiger partial charge in [0, 0.05) is 23.9 Å². The zero-order valence-electron chi connectivity index (χ0n) is 11.8. The van der Waals surface area contributed by atoms with Crippen molar-refractivity contribution < 1.29 is 9.53 Å². The summed E-state index contributed by atoms with van der Waals surface area (Å²) in [5.41, 5.74) is 1.03. The zero-order chi connectivity index (χ0) is 13.7. The number of methoxy groups -OCH3 is 1. The Morgan fingerprint density at radius 1 is 1.44 bits per heavy atom. The second-order valence-electron chi connectivity index (χ2n) is 4.91. The van der Waals surface area contributed by atoms with Gasteiger partial charge in [-0.3, -0.25) is 9.69 Å². The molecule has 18 heavy (non-hydrogen) atoms. The van der Waals surface area contributed by atoms with Gasteiger partial charge in [0.2, 0.25) is 0 Å². The Hall–Kier alpha value is -0.940. The zero-order valence-corrected chi connectivity index (χ0v) is 12.6. The van der Waals surface area contributed by atoms with Gasteiger partial charge >= 0.3 is 5.97 Å². The van der Waals surface area contributed by atoms with Crippen molar-refractivity contribution in [2.24, 2.45) is 0 Å². The molecule has 0 atom stereocenters. The van der Waals surface area contributed by atoms with Crippen LogP contribution >= 0.6 is 11.3 Å². The molecule has 0 amide bonds. The van der Waals surface area contributed by atoms with Crippen LogP contribution in [0.25, 0.3) is 0 Å². The van der Waals surface area contributed by atoms with E-state index in [1.807, 2.05) is 0 Å². The molecule has 0 aliphatic heterocycles. The Morgan fingerprint density at radius 3 is 2.56 bits per heavy atom. The van der Waals surface area contributed by atoms with Crippen molar-refractivity contribution in [2.75, 3.05) is 13.7 Å². The summed E-state index contributed by atoms with van der Waals surface area (Å²) in [6.07, 6.45) is 0. The summed E-state index contributed by atoms with van der Waals surface area (Å²) >= 11 is 1.68. The average molecular weight is 270 g/mol. The lowest BCUT2D eigenvalue weighted by molar-refractivity contribution is -0.142. The van der Waals surface area contributed by atoms with Crippen molar-refractivity contribution >= 4 is 17.3 Å². The Balaban J connectivity index is 2.67. The molecule has 0 saturated heterocycles. The molecular formula is C13H22N2O2S. The van der Waals surface area contributed by atoms with Crippen molar-refractivity contribution in [3.8, 4) is 0 Å². The van der Waals surface area contributed by atoms with E-state index in [1.54, 1.807) is 11.3 Å². The van der Waals surface area contributed by atoms with Gasteiger partial charge in [0.1, 0.15) is 0 Å². The lowest BCUT2D eigenvalue weighted by Gasteiger charge is -2.24. The third-order valence-corrected chi connectivity index (χ3v) is 3.91. The highest BCUT2D eigenvalue weighted by Crippen LogP contribution is 2.20. The molecule has 0 aromatic carbocycles. The van der Waals surface area contributed by atoms with E-state index in [0.717, 1.165) is 10.7 Å². The Morgan fingerprint density at radius 2 is 2.11 bits per heavy atom. The molecule has 0 aliphatic rings. The predicted molar refractivity (Wildman–Crippen MR) is 73.8 cm³/mol. The van der Waals surface area contributed by atoms with E-state index < -0.39 is 0 Å². The second-order valence-corrected chi connectivity index (χ2v) is 5.80. The molecule has 0 unspecified atom stereocenters. The number of carbonyl (C=O) groups excluding carboxylic acids is 1. The molecule has 5 heteroatoms. The maximum atomic E-state index is 11.3. The quantitative estimate of drug-likeness (QED) is 0.745. The highest BCUT2D eigenvalue weighted by atomic mass is 32.1. The van der Waals surface area contributed by atoms with Gasteiger partial charge in [0.15, 0.2) is 0 Å². The first-order valence-electron chi connectivity index (χ1n) is 6.19. The molecule has 1 heterocycles. The summed E-state index contributed by atoms with van der Waals surface area (Å²) in [4.78, 5) is 18.0. The van der Waals surface area contributed by atoms with Gasteiger partial charge < -0.3 is 4.74 Å². The topological polar surface area (TPSA) is 42.4 Å². The summed E-state index contributed by atoms with van der Waals surface area (Å²) in [5.74, 6) is 0.250. The van der Waals surface area contributed by atoms with E-state index in [-0.39, 0.29) is 12.0 Å².